The van der Waals surface area contributed by atoms with Crippen molar-refractivity contribution in [2.24, 2.45) is 0 Å². The SMILES string of the molecule is c1ccc(N2CCN(CCOc3ccc(OCC4CO4)cc3)CC2)cc1. The first-order chi connectivity index (χ1) is 12.9. The summed E-state index contributed by atoms with van der Waals surface area (Å²) in [5, 5.41) is 0. The van der Waals surface area contributed by atoms with Crippen LogP contribution in [0.25, 0.3) is 0 Å². The topological polar surface area (TPSA) is 37.5 Å². The van der Waals surface area contributed by atoms with Crippen LogP contribution in [0.3, 0.4) is 0 Å². The zero-order valence-electron chi connectivity index (χ0n) is 15.0. The van der Waals surface area contributed by atoms with Gasteiger partial charge in [0.05, 0.1) is 6.61 Å². The Balaban J connectivity index is 1.15. The van der Waals surface area contributed by atoms with Crippen molar-refractivity contribution >= 4 is 5.69 Å². The lowest BCUT2D eigenvalue weighted by Gasteiger charge is -2.36. The Morgan fingerprint density at radius 1 is 0.846 bits per heavy atom. The third-order valence-corrected chi connectivity index (χ3v) is 4.83. The van der Waals surface area contributed by atoms with Crippen molar-refractivity contribution in [1.29, 1.82) is 0 Å². The zero-order valence-corrected chi connectivity index (χ0v) is 15.0. The van der Waals surface area contributed by atoms with Crippen molar-refractivity contribution in [1.82, 2.24) is 4.90 Å². The largest absolute Gasteiger partial charge is 0.492 e. The van der Waals surface area contributed by atoms with Gasteiger partial charge in [-0.2, -0.15) is 0 Å². The van der Waals surface area contributed by atoms with Gasteiger partial charge in [-0.05, 0) is 36.4 Å². The Kier molecular flexibility index (Phi) is 5.57. The number of piperazine rings is 1. The molecule has 2 saturated heterocycles. The van der Waals surface area contributed by atoms with Gasteiger partial charge in [-0.15, -0.1) is 0 Å². The van der Waals surface area contributed by atoms with E-state index in [-0.39, 0.29) is 6.10 Å². The van der Waals surface area contributed by atoms with Gasteiger partial charge < -0.3 is 19.1 Å². The molecule has 2 aromatic rings. The molecular formula is C21H26N2O3. The molecule has 0 amide bonds. The zero-order chi connectivity index (χ0) is 17.6. The van der Waals surface area contributed by atoms with Gasteiger partial charge in [0.15, 0.2) is 0 Å². The Morgan fingerprint density at radius 3 is 2.15 bits per heavy atom. The van der Waals surface area contributed by atoms with Crippen LogP contribution in [-0.4, -0.2) is 63.5 Å². The smallest absolute Gasteiger partial charge is 0.119 e. The van der Waals surface area contributed by atoms with Crippen molar-refractivity contribution in [2.75, 3.05) is 57.4 Å². The van der Waals surface area contributed by atoms with Gasteiger partial charge in [0, 0.05) is 38.4 Å². The van der Waals surface area contributed by atoms with Gasteiger partial charge in [-0.1, -0.05) is 18.2 Å². The van der Waals surface area contributed by atoms with Crippen molar-refractivity contribution in [3.63, 3.8) is 0 Å². The highest BCUT2D eigenvalue weighted by molar-refractivity contribution is 5.46. The minimum atomic E-state index is 0.285. The van der Waals surface area contributed by atoms with Gasteiger partial charge in [-0.3, -0.25) is 4.90 Å². The molecule has 0 bridgehead atoms. The van der Waals surface area contributed by atoms with Crippen LogP contribution in [-0.2, 0) is 4.74 Å². The average molecular weight is 354 g/mol. The summed E-state index contributed by atoms with van der Waals surface area (Å²) in [6.45, 7) is 7.42. The highest BCUT2D eigenvalue weighted by Crippen LogP contribution is 2.20. The maximum absolute atomic E-state index is 5.88. The number of hydrogen-bond acceptors (Lipinski definition) is 5. The molecule has 0 saturated carbocycles. The van der Waals surface area contributed by atoms with Crippen molar-refractivity contribution in [3.8, 4) is 11.5 Å². The minimum Gasteiger partial charge on any atom is -0.492 e. The van der Waals surface area contributed by atoms with Crippen LogP contribution < -0.4 is 14.4 Å². The molecule has 0 N–H and O–H groups in total. The number of para-hydroxylation sites is 1. The molecule has 2 aliphatic rings. The molecule has 26 heavy (non-hydrogen) atoms. The first-order valence-corrected chi connectivity index (χ1v) is 9.36. The summed E-state index contributed by atoms with van der Waals surface area (Å²) >= 11 is 0. The second kappa shape index (κ2) is 8.43. The second-order valence-electron chi connectivity index (χ2n) is 6.75. The Bertz CT molecular complexity index is 665. The van der Waals surface area contributed by atoms with E-state index in [0.717, 1.165) is 50.8 Å². The van der Waals surface area contributed by atoms with E-state index in [1.54, 1.807) is 0 Å². The Morgan fingerprint density at radius 2 is 1.50 bits per heavy atom. The van der Waals surface area contributed by atoms with Crippen LogP contribution in [0, 0.1) is 0 Å². The molecule has 5 nitrogen and oxygen atoms in total. The molecule has 2 aliphatic heterocycles. The van der Waals surface area contributed by atoms with E-state index < -0.39 is 0 Å². The molecule has 5 heteroatoms. The summed E-state index contributed by atoms with van der Waals surface area (Å²) < 4.78 is 16.7. The lowest BCUT2D eigenvalue weighted by molar-refractivity contribution is 0.200. The summed E-state index contributed by atoms with van der Waals surface area (Å²) in [4.78, 5) is 4.91. The van der Waals surface area contributed by atoms with Gasteiger partial charge in [0.1, 0.15) is 30.8 Å². The summed E-state index contributed by atoms with van der Waals surface area (Å²) in [7, 11) is 0. The standard InChI is InChI=1S/C21H26N2O3/c1-2-4-18(5-3-1)23-12-10-22(11-13-23)14-15-24-19-6-8-20(9-7-19)25-16-21-17-26-21/h1-9,21H,10-17H2. The van der Waals surface area contributed by atoms with E-state index in [0.29, 0.717) is 13.2 Å². The Labute approximate surface area is 155 Å². The fourth-order valence-corrected chi connectivity index (χ4v) is 3.15. The first kappa shape index (κ1) is 17.2. The fourth-order valence-electron chi connectivity index (χ4n) is 3.15. The molecule has 1 unspecified atom stereocenters. The number of benzene rings is 2. The Hall–Kier alpha value is -2.24. The van der Waals surface area contributed by atoms with Crippen LogP contribution in [0.4, 0.5) is 5.69 Å². The second-order valence-corrected chi connectivity index (χ2v) is 6.75. The van der Waals surface area contributed by atoms with E-state index in [9.17, 15) is 0 Å². The number of epoxide rings is 1. The van der Waals surface area contributed by atoms with Crippen LogP contribution in [0.15, 0.2) is 54.6 Å². The maximum Gasteiger partial charge on any atom is 0.119 e. The minimum absolute atomic E-state index is 0.285. The quantitative estimate of drug-likeness (QED) is 0.682. The molecule has 2 aromatic carbocycles. The van der Waals surface area contributed by atoms with Crippen LogP contribution in [0.2, 0.25) is 0 Å². The van der Waals surface area contributed by atoms with Crippen LogP contribution in [0.1, 0.15) is 0 Å². The van der Waals surface area contributed by atoms with E-state index >= 15 is 0 Å². The van der Waals surface area contributed by atoms with Gasteiger partial charge >= 0.3 is 0 Å². The summed E-state index contributed by atoms with van der Waals surface area (Å²) in [5.41, 5.74) is 1.32. The van der Waals surface area contributed by atoms with Crippen LogP contribution in [0.5, 0.6) is 11.5 Å². The molecule has 0 spiro atoms. The predicted octanol–water partition coefficient (Wildman–Crippen LogP) is 2.67. The lowest BCUT2D eigenvalue weighted by Crippen LogP contribution is -2.47. The molecule has 138 valence electrons. The van der Waals surface area contributed by atoms with Crippen molar-refractivity contribution in [2.45, 2.75) is 6.10 Å². The number of ether oxygens (including phenoxy) is 3. The highest BCUT2D eigenvalue weighted by atomic mass is 16.6. The molecule has 2 fully saturated rings. The third kappa shape index (κ3) is 4.90. The number of rotatable bonds is 8. The fraction of sp³-hybridized carbons (Fsp3) is 0.429. The predicted molar refractivity (Wildman–Crippen MR) is 102 cm³/mol. The first-order valence-electron chi connectivity index (χ1n) is 9.36. The van der Waals surface area contributed by atoms with E-state index in [4.69, 9.17) is 14.2 Å². The maximum atomic E-state index is 5.88. The third-order valence-electron chi connectivity index (χ3n) is 4.83. The molecule has 1 atom stereocenters. The van der Waals surface area contributed by atoms with E-state index in [1.165, 1.54) is 5.69 Å². The van der Waals surface area contributed by atoms with E-state index in [1.807, 2.05) is 24.3 Å². The van der Waals surface area contributed by atoms with Gasteiger partial charge in [-0.25, -0.2) is 0 Å². The normalized spacial score (nSPS) is 20.0. The average Bonchev–Trinajstić information content (AvgIpc) is 3.53. The number of anilines is 1. The molecule has 2 heterocycles. The summed E-state index contributed by atoms with van der Waals surface area (Å²) in [5.74, 6) is 1.76. The lowest BCUT2D eigenvalue weighted by atomic mass is 10.2. The molecular weight excluding hydrogens is 328 g/mol. The molecule has 0 aliphatic carbocycles. The molecule has 0 radical (unpaired) electrons. The monoisotopic (exact) mass is 354 g/mol. The van der Waals surface area contributed by atoms with E-state index in [2.05, 4.69) is 40.1 Å². The van der Waals surface area contributed by atoms with Crippen molar-refractivity contribution < 1.29 is 14.2 Å². The van der Waals surface area contributed by atoms with Crippen molar-refractivity contribution in [3.05, 3.63) is 54.6 Å². The number of nitrogens with zero attached hydrogens (tertiary/aromatic N) is 2. The van der Waals surface area contributed by atoms with Crippen LogP contribution >= 0.6 is 0 Å². The highest BCUT2D eigenvalue weighted by Gasteiger charge is 2.23. The molecule has 0 aromatic heterocycles. The van der Waals surface area contributed by atoms with Gasteiger partial charge in [0.2, 0.25) is 0 Å². The summed E-state index contributed by atoms with van der Waals surface area (Å²) in [6.07, 6.45) is 0.285. The summed E-state index contributed by atoms with van der Waals surface area (Å²) in [6, 6.07) is 18.5. The molecule has 4 rings (SSSR count). The van der Waals surface area contributed by atoms with Gasteiger partial charge in [0.25, 0.3) is 0 Å². The number of hydrogen-bond donors (Lipinski definition) is 0.